The zero-order valence-corrected chi connectivity index (χ0v) is 11.4. The third kappa shape index (κ3) is 5.61. The lowest BCUT2D eigenvalue weighted by Crippen LogP contribution is -2.42. The molecule has 0 saturated carbocycles. The molecule has 0 bridgehead atoms. The Labute approximate surface area is 115 Å². The summed E-state index contributed by atoms with van der Waals surface area (Å²) < 4.78 is 37.2. The van der Waals surface area contributed by atoms with Crippen LogP contribution in [0.4, 0.5) is 13.2 Å². The van der Waals surface area contributed by atoms with E-state index in [2.05, 4.69) is 0 Å². The smallest absolute Gasteiger partial charge is 0.293 e. The number of nitrogens with zero attached hydrogens (tertiary/aromatic N) is 1. The first-order chi connectivity index (χ1) is 8.69. The van der Waals surface area contributed by atoms with Crippen LogP contribution in [-0.2, 0) is 0 Å². The molecule has 0 spiro atoms. The number of carbonyl (C=O) groups excluding carboxylic acids is 1. The topological polar surface area (TPSA) is 20.3 Å². The standard InChI is InChI=1S/C13H15ClF3NO/c1-9(2)18(8-13(15,16)17)7-12(19)10-4-3-5-11(14)6-10/h3-6,9H,7-8H2,1-2H3. The number of carbonyl (C=O) groups is 1. The highest BCUT2D eigenvalue weighted by Gasteiger charge is 2.32. The fourth-order valence-corrected chi connectivity index (χ4v) is 1.78. The normalized spacial score (nSPS) is 12.2. The first-order valence-corrected chi connectivity index (χ1v) is 6.16. The van der Waals surface area contributed by atoms with Crippen LogP contribution in [0, 0.1) is 0 Å². The summed E-state index contributed by atoms with van der Waals surface area (Å²) in [5, 5.41) is 0.387. The summed E-state index contributed by atoms with van der Waals surface area (Å²) in [4.78, 5) is 13.0. The SMILES string of the molecule is CC(C)N(CC(=O)c1cccc(Cl)c1)CC(F)(F)F. The van der Waals surface area contributed by atoms with E-state index >= 15 is 0 Å². The monoisotopic (exact) mass is 293 g/mol. The van der Waals surface area contributed by atoms with Gasteiger partial charge in [-0.2, -0.15) is 13.2 Å². The van der Waals surface area contributed by atoms with Gasteiger partial charge in [-0.15, -0.1) is 0 Å². The van der Waals surface area contributed by atoms with Crippen LogP contribution in [0.15, 0.2) is 24.3 Å². The van der Waals surface area contributed by atoms with Gasteiger partial charge in [0.05, 0.1) is 13.1 Å². The van der Waals surface area contributed by atoms with E-state index in [4.69, 9.17) is 11.6 Å². The van der Waals surface area contributed by atoms with E-state index in [9.17, 15) is 18.0 Å². The number of hydrogen-bond donors (Lipinski definition) is 0. The molecule has 0 unspecified atom stereocenters. The number of hydrogen-bond acceptors (Lipinski definition) is 2. The van der Waals surface area contributed by atoms with Gasteiger partial charge in [0.2, 0.25) is 0 Å². The minimum Gasteiger partial charge on any atom is -0.293 e. The number of ketones is 1. The van der Waals surface area contributed by atoms with E-state index in [0.717, 1.165) is 4.90 Å². The predicted molar refractivity (Wildman–Crippen MR) is 68.5 cm³/mol. The second kappa shape index (κ2) is 6.39. The number of rotatable bonds is 5. The van der Waals surface area contributed by atoms with Crippen molar-refractivity contribution in [2.24, 2.45) is 0 Å². The van der Waals surface area contributed by atoms with Crippen LogP contribution in [0.25, 0.3) is 0 Å². The van der Waals surface area contributed by atoms with Crippen molar-refractivity contribution >= 4 is 17.4 Å². The zero-order chi connectivity index (χ0) is 14.6. The Hall–Kier alpha value is -1.07. The lowest BCUT2D eigenvalue weighted by atomic mass is 10.1. The maximum atomic E-state index is 12.4. The zero-order valence-electron chi connectivity index (χ0n) is 10.7. The molecule has 6 heteroatoms. The van der Waals surface area contributed by atoms with Crippen molar-refractivity contribution in [3.05, 3.63) is 34.9 Å². The Morgan fingerprint density at radius 3 is 2.47 bits per heavy atom. The molecule has 0 aliphatic carbocycles. The molecule has 2 nitrogen and oxygen atoms in total. The van der Waals surface area contributed by atoms with Crippen molar-refractivity contribution in [1.82, 2.24) is 4.90 Å². The average molecular weight is 294 g/mol. The van der Waals surface area contributed by atoms with Gasteiger partial charge in [0, 0.05) is 16.6 Å². The van der Waals surface area contributed by atoms with Crippen molar-refractivity contribution in [3.8, 4) is 0 Å². The number of halogens is 4. The van der Waals surface area contributed by atoms with E-state index in [1.54, 1.807) is 32.0 Å². The average Bonchev–Trinajstić information content (AvgIpc) is 2.26. The second-order valence-electron chi connectivity index (χ2n) is 4.55. The second-order valence-corrected chi connectivity index (χ2v) is 4.98. The summed E-state index contributed by atoms with van der Waals surface area (Å²) in [5.41, 5.74) is 0.320. The van der Waals surface area contributed by atoms with Crippen molar-refractivity contribution in [2.45, 2.75) is 26.1 Å². The molecule has 1 aromatic rings. The van der Waals surface area contributed by atoms with Gasteiger partial charge in [-0.25, -0.2) is 0 Å². The van der Waals surface area contributed by atoms with E-state index in [1.165, 1.54) is 6.07 Å². The molecule has 0 radical (unpaired) electrons. The summed E-state index contributed by atoms with van der Waals surface area (Å²) in [6.45, 7) is 1.86. The molecule has 0 aliphatic rings. The van der Waals surface area contributed by atoms with Gasteiger partial charge in [0.25, 0.3) is 0 Å². The minimum atomic E-state index is -4.32. The van der Waals surface area contributed by atoms with Gasteiger partial charge in [-0.3, -0.25) is 9.69 Å². The van der Waals surface area contributed by atoms with Crippen molar-refractivity contribution in [1.29, 1.82) is 0 Å². The molecule has 0 fully saturated rings. The summed E-state index contributed by atoms with van der Waals surface area (Å²) in [7, 11) is 0. The van der Waals surface area contributed by atoms with E-state index in [0.29, 0.717) is 10.6 Å². The number of Topliss-reactive ketones (excluding diaryl/α,β-unsaturated/α-hetero) is 1. The fourth-order valence-electron chi connectivity index (χ4n) is 1.59. The van der Waals surface area contributed by atoms with Gasteiger partial charge in [-0.05, 0) is 26.0 Å². The van der Waals surface area contributed by atoms with Crippen molar-refractivity contribution in [3.63, 3.8) is 0 Å². The fraction of sp³-hybridized carbons (Fsp3) is 0.462. The summed E-state index contributed by atoms with van der Waals surface area (Å²) >= 11 is 5.75. The summed E-state index contributed by atoms with van der Waals surface area (Å²) in [6, 6.07) is 5.83. The quantitative estimate of drug-likeness (QED) is 0.770. The lowest BCUT2D eigenvalue weighted by Gasteiger charge is -2.26. The molecule has 0 heterocycles. The molecule has 0 N–H and O–H groups in total. The third-order valence-corrected chi connectivity index (χ3v) is 2.84. The van der Waals surface area contributed by atoms with Crippen LogP contribution in [0.3, 0.4) is 0 Å². The Bertz CT molecular complexity index is 446. The van der Waals surface area contributed by atoms with Crippen LogP contribution in [0.5, 0.6) is 0 Å². The first kappa shape index (κ1) is 16.0. The summed E-state index contributed by atoms with van der Waals surface area (Å²) in [6.07, 6.45) is -4.32. The van der Waals surface area contributed by atoms with Gasteiger partial charge >= 0.3 is 6.18 Å². The predicted octanol–water partition coefficient (Wildman–Crippen LogP) is 3.80. The van der Waals surface area contributed by atoms with Gasteiger partial charge < -0.3 is 0 Å². The Balaban J connectivity index is 2.77. The first-order valence-electron chi connectivity index (χ1n) is 5.78. The van der Waals surface area contributed by atoms with E-state index in [1.807, 2.05) is 0 Å². The van der Waals surface area contributed by atoms with Crippen molar-refractivity contribution in [2.75, 3.05) is 13.1 Å². The van der Waals surface area contributed by atoms with Crippen LogP contribution in [0.1, 0.15) is 24.2 Å². The molecule has 0 amide bonds. The molecule has 0 aromatic heterocycles. The third-order valence-electron chi connectivity index (χ3n) is 2.61. The van der Waals surface area contributed by atoms with Crippen LogP contribution in [-0.4, -0.2) is 36.0 Å². The van der Waals surface area contributed by atoms with Gasteiger partial charge in [0.15, 0.2) is 5.78 Å². The van der Waals surface area contributed by atoms with Crippen LogP contribution in [0.2, 0.25) is 5.02 Å². The van der Waals surface area contributed by atoms with E-state index in [-0.39, 0.29) is 18.4 Å². The number of benzene rings is 1. The molecule has 0 aliphatic heterocycles. The lowest BCUT2D eigenvalue weighted by molar-refractivity contribution is -0.148. The molecular weight excluding hydrogens is 279 g/mol. The summed E-state index contributed by atoms with van der Waals surface area (Å²) in [5.74, 6) is -0.375. The largest absolute Gasteiger partial charge is 0.401 e. The molecule has 0 saturated heterocycles. The highest BCUT2D eigenvalue weighted by atomic mass is 35.5. The Kier molecular flexibility index (Phi) is 5.38. The maximum Gasteiger partial charge on any atom is 0.401 e. The van der Waals surface area contributed by atoms with Crippen LogP contribution >= 0.6 is 11.6 Å². The Morgan fingerprint density at radius 1 is 1.37 bits per heavy atom. The molecule has 0 atom stereocenters. The van der Waals surface area contributed by atoms with Crippen LogP contribution < -0.4 is 0 Å². The van der Waals surface area contributed by atoms with Gasteiger partial charge in [0.1, 0.15) is 0 Å². The molecule has 1 aromatic carbocycles. The highest BCUT2D eigenvalue weighted by Crippen LogP contribution is 2.19. The molecular formula is C13H15ClF3NO. The molecule has 1 rings (SSSR count). The van der Waals surface area contributed by atoms with E-state index < -0.39 is 12.7 Å². The maximum absolute atomic E-state index is 12.4. The minimum absolute atomic E-state index is 0.280. The molecule has 19 heavy (non-hydrogen) atoms. The van der Waals surface area contributed by atoms with Gasteiger partial charge in [-0.1, -0.05) is 23.7 Å². The highest BCUT2D eigenvalue weighted by molar-refractivity contribution is 6.31. The van der Waals surface area contributed by atoms with Crippen molar-refractivity contribution < 1.29 is 18.0 Å². The Morgan fingerprint density at radius 2 is 2.00 bits per heavy atom. The number of alkyl halides is 3. The molecule has 106 valence electrons.